The van der Waals surface area contributed by atoms with Crippen molar-refractivity contribution >= 4 is 11.9 Å². The molecule has 1 rings (SSSR count). The van der Waals surface area contributed by atoms with Gasteiger partial charge in [-0.25, -0.2) is 0 Å². The number of pyridine rings is 1. The number of hydrogen-bond acceptors (Lipinski definition) is 3. The Morgan fingerprint density at radius 2 is 2.05 bits per heavy atom. The summed E-state index contributed by atoms with van der Waals surface area (Å²) < 4.78 is 1.38. The quantitative estimate of drug-likeness (QED) is 0.841. The third-order valence-electron chi connectivity index (χ3n) is 2.82. The van der Waals surface area contributed by atoms with E-state index < -0.39 is 5.97 Å². The molecule has 0 aromatic carbocycles. The summed E-state index contributed by atoms with van der Waals surface area (Å²) in [5.74, 6) is -1.03. The molecule has 1 aromatic heterocycles. The predicted octanol–water partition coefficient (Wildman–Crippen LogP) is 0.958. The minimum atomic E-state index is -0.949. The Morgan fingerprint density at radius 1 is 1.40 bits per heavy atom. The number of hydrogen-bond donors (Lipinski definition) is 1. The standard InChI is InChI=1S/C14H20N2O4/c1-10(2)9-16(7-5-13(18)19)14(20)11-4-6-15(3)12(17)8-11/h4,6,8,10H,5,7,9H2,1-3H3,(H,18,19). The Labute approximate surface area is 117 Å². The number of carboxylic acids is 1. The number of aromatic nitrogens is 1. The van der Waals surface area contributed by atoms with Gasteiger partial charge in [0.05, 0.1) is 6.42 Å². The van der Waals surface area contributed by atoms with E-state index in [0.29, 0.717) is 12.1 Å². The van der Waals surface area contributed by atoms with Crippen molar-refractivity contribution in [1.82, 2.24) is 9.47 Å². The lowest BCUT2D eigenvalue weighted by Crippen LogP contribution is -2.36. The molecule has 1 N–H and O–H groups in total. The van der Waals surface area contributed by atoms with Crippen LogP contribution in [0.1, 0.15) is 30.6 Å². The lowest BCUT2D eigenvalue weighted by Gasteiger charge is -2.24. The van der Waals surface area contributed by atoms with E-state index in [1.807, 2.05) is 13.8 Å². The second kappa shape index (κ2) is 6.88. The van der Waals surface area contributed by atoms with Gasteiger partial charge >= 0.3 is 5.97 Å². The van der Waals surface area contributed by atoms with Gasteiger partial charge in [0.2, 0.25) is 0 Å². The summed E-state index contributed by atoms with van der Waals surface area (Å²) in [6.45, 7) is 4.50. The smallest absolute Gasteiger partial charge is 0.305 e. The number of carbonyl (C=O) groups excluding carboxylic acids is 1. The molecule has 0 spiro atoms. The van der Waals surface area contributed by atoms with Crippen molar-refractivity contribution in [3.63, 3.8) is 0 Å². The zero-order valence-corrected chi connectivity index (χ0v) is 12.0. The molecular formula is C14H20N2O4. The van der Waals surface area contributed by atoms with Gasteiger partial charge in [-0.05, 0) is 12.0 Å². The second-order valence-electron chi connectivity index (χ2n) is 5.15. The van der Waals surface area contributed by atoms with E-state index in [9.17, 15) is 14.4 Å². The summed E-state index contributed by atoms with van der Waals surface area (Å²) in [7, 11) is 1.60. The number of aryl methyl sites for hydroxylation is 1. The number of rotatable bonds is 6. The molecule has 1 heterocycles. The molecule has 6 heteroatoms. The largest absolute Gasteiger partial charge is 0.481 e. The molecular weight excluding hydrogens is 260 g/mol. The summed E-state index contributed by atoms with van der Waals surface area (Å²) in [6.07, 6.45) is 1.42. The zero-order valence-electron chi connectivity index (χ0n) is 12.0. The van der Waals surface area contributed by atoms with E-state index in [1.54, 1.807) is 13.1 Å². The maximum absolute atomic E-state index is 12.3. The van der Waals surface area contributed by atoms with Crippen molar-refractivity contribution in [2.24, 2.45) is 13.0 Å². The van der Waals surface area contributed by atoms with E-state index in [0.717, 1.165) is 0 Å². The molecule has 1 aromatic rings. The van der Waals surface area contributed by atoms with E-state index in [2.05, 4.69) is 0 Å². The highest BCUT2D eigenvalue weighted by atomic mass is 16.4. The predicted molar refractivity (Wildman–Crippen MR) is 74.7 cm³/mol. The molecule has 20 heavy (non-hydrogen) atoms. The topological polar surface area (TPSA) is 79.6 Å². The number of aliphatic carboxylic acids is 1. The maximum atomic E-state index is 12.3. The average molecular weight is 280 g/mol. The van der Waals surface area contributed by atoms with Gasteiger partial charge in [0.25, 0.3) is 11.5 Å². The van der Waals surface area contributed by atoms with Gasteiger partial charge < -0.3 is 14.6 Å². The first-order valence-electron chi connectivity index (χ1n) is 6.49. The maximum Gasteiger partial charge on any atom is 0.305 e. The highest BCUT2D eigenvalue weighted by Gasteiger charge is 2.18. The van der Waals surface area contributed by atoms with Crippen LogP contribution in [0.4, 0.5) is 0 Å². The first-order valence-corrected chi connectivity index (χ1v) is 6.49. The van der Waals surface area contributed by atoms with Crippen LogP contribution in [-0.4, -0.2) is 39.5 Å². The van der Waals surface area contributed by atoms with E-state index in [-0.39, 0.29) is 30.3 Å². The third-order valence-corrected chi connectivity index (χ3v) is 2.82. The van der Waals surface area contributed by atoms with E-state index >= 15 is 0 Å². The minimum Gasteiger partial charge on any atom is -0.481 e. The van der Waals surface area contributed by atoms with Gasteiger partial charge in [-0.1, -0.05) is 13.8 Å². The zero-order chi connectivity index (χ0) is 15.3. The van der Waals surface area contributed by atoms with Crippen LogP contribution in [0.25, 0.3) is 0 Å². The molecule has 0 fully saturated rings. The van der Waals surface area contributed by atoms with Crippen molar-refractivity contribution < 1.29 is 14.7 Å². The number of amides is 1. The average Bonchev–Trinajstić information content (AvgIpc) is 2.36. The van der Waals surface area contributed by atoms with Crippen LogP contribution in [0.15, 0.2) is 23.1 Å². The monoisotopic (exact) mass is 280 g/mol. The Kier molecular flexibility index (Phi) is 5.49. The van der Waals surface area contributed by atoms with Crippen molar-refractivity contribution in [3.8, 4) is 0 Å². The summed E-state index contributed by atoms with van der Waals surface area (Å²) in [5, 5.41) is 8.74. The Hall–Kier alpha value is -2.11. The third kappa shape index (κ3) is 4.53. The van der Waals surface area contributed by atoms with E-state index in [1.165, 1.54) is 21.7 Å². The Bertz CT molecular complexity index is 548. The number of carboxylic acid groups (broad SMARTS) is 1. The summed E-state index contributed by atoms with van der Waals surface area (Å²) in [5.41, 5.74) is 0.0257. The van der Waals surface area contributed by atoms with Crippen molar-refractivity contribution in [1.29, 1.82) is 0 Å². The number of nitrogens with zero attached hydrogens (tertiary/aromatic N) is 2. The minimum absolute atomic E-state index is 0.108. The summed E-state index contributed by atoms with van der Waals surface area (Å²) >= 11 is 0. The lowest BCUT2D eigenvalue weighted by molar-refractivity contribution is -0.137. The molecule has 0 saturated heterocycles. The molecule has 0 aliphatic rings. The Morgan fingerprint density at radius 3 is 2.55 bits per heavy atom. The molecule has 0 atom stereocenters. The Balaban J connectivity index is 2.93. The molecule has 0 radical (unpaired) electrons. The van der Waals surface area contributed by atoms with Crippen LogP contribution >= 0.6 is 0 Å². The van der Waals surface area contributed by atoms with Gasteiger partial charge in [-0.2, -0.15) is 0 Å². The van der Waals surface area contributed by atoms with Gasteiger partial charge in [0, 0.05) is 38.0 Å². The fourth-order valence-electron chi connectivity index (χ4n) is 1.81. The van der Waals surface area contributed by atoms with Crippen molar-refractivity contribution in [3.05, 3.63) is 34.2 Å². The normalized spacial score (nSPS) is 10.6. The molecule has 1 amide bonds. The highest BCUT2D eigenvalue weighted by molar-refractivity contribution is 5.94. The van der Waals surface area contributed by atoms with Gasteiger partial charge in [0.15, 0.2) is 0 Å². The fraction of sp³-hybridized carbons (Fsp3) is 0.500. The summed E-state index contributed by atoms with van der Waals surface area (Å²) in [4.78, 5) is 36.0. The SMILES string of the molecule is CC(C)CN(CCC(=O)O)C(=O)c1ccn(C)c(=O)c1. The second-order valence-corrected chi connectivity index (χ2v) is 5.15. The highest BCUT2D eigenvalue weighted by Crippen LogP contribution is 2.07. The van der Waals surface area contributed by atoms with Crippen LogP contribution < -0.4 is 5.56 Å². The van der Waals surface area contributed by atoms with Gasteiger partial charge in [-0.15, -0.1) is 0 Å². The lowest BCUT2D eigenvalue weighted by atomic mass is 10.1. The molecule has 0 aliphatic carbocycles. The number of carbonyl (C=O) groups is 2. The first kappa shape index (κ1) is 15.9. The van der Waals surface area contributed by atoms with Crippen LogP contribution in [0.2, 0.25) is 0 Å². The molecule has 0 unspecified atom stereocenters. The van der Waals surface area contributed by atoms with Gasteiger partial charge in [-0.3, -0.25) is 14.4 Å². The molecule has 0 aliphatic heterocycles. The van der Waals surface area contributed by atoms with Crippen molar-refractivity contribution in [2.75, 3.05) is 13.1 Å². The van der Waals surface area contributed by atoms with Gasteiger partial charge in [0.1, 0.15) is 0 Å². The van der Waals surface area contributed by atoms with Crippen LogP contribution in [0.3, 0.4) is 0 Å². The van der Waals surface area contributed by atoms with Crippen LogP contribution in [0.5, 0.6) is 0 Å². The molecule has 110 valence electrons. The fourth-order valence-corrected chi connectivity index (χ4v) is 1.81. The molecule has 0 bridgehead atoms. The molecule has 6 nitrogen and oxygen atoms in total. The summed E-state index contributed by atoms with van der Waals surface area (Å²) in [6, 6.07) is 2.84. The molecule has 0 saturated carbocycles. The van der Waals surface area contributed by atoms with Crippen LogP contribution in [0, 0.1) is 5.92 Å². The first-order chi connectivity index (χ1) is 9.31. The van der Waals surface area contributed by atoms with Crippen LogP contribution in [-0.2, 0) is 11.8 Å². The van der Waals surface area contributed by atoms with Crippen molar-refractivity contribution in [2.45, 2.75) is 20.3 Å². The van der Waals surface area contributed by atoms with E-state index in [4.69, 9.17) is 5.11 Å².